The Morgan fingerprint density at radius 1 is 1.04 bits per heavy atom. The number of carbonyl (C=O) groups excluding carboxylic acids is 1. The largest absolute Gasteiger partial charge is 0.271 e. The molecule has 4 nitrogen and oxygen atoms in total. The summed E-state index contributed by atoms with van der Waals surface area (Å²) in [6.45, 7) is 6.03. The van der Waals surface area contributed by atoms with Gasteiger partial charge in [0, 0.05) is 12.5 Å². The number of pyridine rings is 1. The van der Waals surface area contributed by atoms with E-state index >= 15 is 0 Å². The lowest BCUT2D eigenvalue weighted by molar-refractivity contribution is -0.118. The summed E-state index contributed by atoms with van der Waals surface area (Å²) in [5.41, 5.74) is 2.09. The predicted molar refractivity (Wildman–Crippen MR) is 93.0 cm³/mol. The summed E-state index contributed by atoms with van der Waals surface area (Å²) in [7, 11) is -2.82. The van der Waals surface area contributed by atoms with Gasteiger partial charge in [-0.1, -0.05) is 44.2 Å². The highest BCUT2D eigenvalue weighted by atomic mass is 32.2. The van der Waals surface area contributed by atoms with Gasteiger partial charge in [0.05, 0.1) is 15.6 Å². The summed E-state index contributed by atoms with van der Waals surface area (Å²) >= 11 is 0. The van der Waals surface area contributed by atoms with Gasteiger partial charge in [-0.05, 0) is 36.1 Å². The van der Waals surface area contributed by atoms with Crippen LogP contribution in [-0.2, 0) is 14.5 Å². The number of nitrogens with zero attached hydrogens (tertiary/aromatic N) is 2. The van der Waals surface area contributed by atoms with Crippen molar-refractivity contribution in [3.8, 4) is 0 Å². The molecule has 0 spiro atoms. The van der Waals surface area contributed by atoms with Gasteiger partial charge >= 0.3 is 0 Å². The summed E-state index contributed by atoms with van der Waals surface area (Å²) in [6, 6.07) is 13.0. The number of amides is 1. The predicted octanol–water partition coefficient (Wildman–Crippen LogP) is 3.99. The van der Waals surface area contributed by atoms with Crippen LogP contribution >= 0.6 is 0 Å². The average molecular weight is 330 g/mol. The van der Waals surface area contributed by atoms with Crippen molar-refractivity contribution in [2.24, 2.45) is 4.36 Å². The molecular formula is C18H22N2O2S. The molecule has 0 radical (unpaired) electrons. The summed E-state index contributed by atoms with van der Waals surface area (Å²) in [5, 5.41) is 0.329. The Labute approximate surface area is 138 Å². The van der Waals surface area contributed by atoms with Crippen LogP contribution in [0.15, 0.2) is 58.1 Å². The van der Waals surface area contributed by atoms with Crippen molar-refractivity contribution in [2.45, 2.75) is 37.6 Å². The second kappa shape index (κ2) is 7.04. The van der Waals surface area contributed by atoms with Crippen molar-refractivity contribution < 1.29 is 9.00 Å². The molecule has 0 N–H and O–H groups in total. The number of aromatic nitrogens is 1. The zero-order valence-electron chi connectivity index (χ0n) is 13.9. The molecule has 122 valence electrons. The molecular weight excluding hydrogens is 308 g/mol. The van der Waals surface area contributed by atoms with Crippen LogP contribution in [-0.4, -0.2) is 21.4 Å². The fourth-order valence-electron chi connectivity index (χ4n) is 2.18. The Hall–Kier alpha value is -2.01. The van der Waals surface area contributed by atoms with Gasteiger partial charge in [-0.25, -0.2) is 9.19 Å². The van der Waals surface area contributed by atoms with Crippen molar-refractivity contribution >= 4 is 15.6 Å². The Morgan fingerprint density at radius 2 is 1.65 bits per heavy atom. The second-order valence-corrected chi connectivity index (χ2v) is 8.15. The third-order valence-electron chi connectivity index (χ3n) is 3.76. The van der Waals surface area contributed by atoms with Crippen LogP contribution in [0, 0.1) is 0 Å². The van der Waals surface area contributed by atoms with E-state index in [0.717, 1.165) is 5.56 Å². The van der Waals surface area contributed by atoms with Crippen molar-refractivity contribution in [3.63, 3.8) is 0 Å². The van der Waals surface area contributed by atoms with Gasteiger partial charge in [-0.2, -0.15) is 4.36 Å². The third kappa shape index (κ3) is 4.26. The minimum Gasteiger partial charge on any atom is -0.271 e. The lowest BCUT2D eigenvalue weighted by atomic mass is 9.96. The van der Waals surface area contributed by atoms with E-state index in [1.54, 1.807) is 31.3 Å². The first kappa shape index (κ1) is 17.3. The van der Waals surface area contributed by atoms with Crippen LogP contribution in [0.2, 0.25) is 0 Å². The van der Waals surface area contributed by atoms with E-state index in [4.69, 9.17) is 0 Å². The number of benzene rings is 1. The molecule has 0 fully saturated rings. The number of hydrogen-bond donors (Lipinski definition) is 0. The topological polar surface area (TPSA) is 59.4 Å². The van der Waals surface area contributed by atoms with Gasteiger partial charge in [0.1, 0.15) is 5.03 Å². The molecule has 2 aromatic rings. The van der Waals surface area contributed by atoms with Gasteiger partial charge in [0.25, 0.3) is 5.91 Å². The van der Waals surface area contributed by atoms with Crippen molar-refractivity contribution in [3.05, 3.63) is 59.8 Å². The zero-order chi connectivity index (χ0) is 17.0. The average Bonchev–Trinajstić information content (AvgIpc) is 2.54. The van der Waals surface area contributed by atoms with Crippen LogP contribution in [0.25, 0.3) is 0 Å². The van der Waals surface area contributed by atoms with E-state index < -0.39 is 15.6 Å². The molecule has 0 saturated heterocycles. The van der Waals surface area contributed by atoms with Crippen LogP contribution in [0.1, 0.15) is 43.7 Å². The molecule has 0 saturated carbocycles. The van der Waals surface area contributed by atoms with Gasteiger partial charge in [0.15, 0.2) is 0 Å². The Balaban J connectivity index is 2.26. The standard InChI is InChI=1S/C18H22N2O2S/c1-13(2)15-8-10-16(11-9-15)14(3)18(21)20-23(4,22)17-7-5-6-12-19-17/h5-14H,1-4H3. The maximum atomic E-state index is 12.6. The van der Waals surface area contributed by atoms with Gasteiger partial charge in [-0.15, -0.1) is 0 Å². The fraction of sp³-hybridized carbons (Fsp3) is 0.333. The molecule has 23 heavy (non-hydrogen) atoms. The molecule has 2 rings (SSSR count). The number of rotatable bonds is 4. The van der Waals surface area contributed by atoms with E-state index in [-0.39, 0.29) is 5.91 Å². The lowest BCUT2D eigenvalue weighted by Gasteiger charge is -2.11. The smallest absolute Gasteiger partial charge is 0.261 e. The van der Waals surface area contributed by atoms with E-state index in [2.05, 4.69) is 23.2 Å². The van der Waals surface area contributed by atoms with Crippen LogP contribution in [0.4, 0.5) is 0 Å². The number of hydrogen-bond acceptors (Lipinski definition) is 3. The SMILES string of the molecule is CC(C)c1ccc(C(C)C(=O)N=S(C)(=O)c2ccccn2)cc1. The summed E-state index contributed by atoms with van der Waals surface area (Å²) in [6.07, 6.45) is 2.99. The first-order valence-corrected chi connectivity index (χ1v) is 9.50. The van der Waals surface area contributed by atoms with Crippen LogP contribution in [0.3, 0.4) is 0 Å². The highest BCUT2D eigenvalue weighted by Gasteiger charge is 2.18. The summed E-state index contributed by atoms with van der Waals surface area (Å²) in [4.78, 5) is 16.4. The molecule has 1 amide bonds. The number of carbonyl (C=O) groups is 1. The van der Waals surface area contributed by atoms with E-state index in [9.17, 15) is 9.00 Å². The molecule has 0 aliphatic heterocycles. The zero-order valence-corrected chi connectivity index (χ0v) is 14.7. The van der Waals surface area contributed by atoms with Crippen molar-refractivity contribution in [2.75, 3.05) is 6.26 Å². The fourth-order valence-corrected chi connectivity index (χ4v) is 3.36. The van der Waals surface area contributed by atoms with Gasteiger partial charge in [-0.3, -0.25) is 4.79 Å². The lowest BCUT2D eigenvalue weighted by Crippen LogP contribution is -2.11. The molecule has 0 bridgehead atoms. The maximum Gasteiger partial charge on any atom is 0.261 e. The Bertz CT molecular complexity index is 790. The first-order chi connectivity index (χ1) is 10.8. The Kier molecular flexibility index (Phi) is 5.31. The highest BCUT2D eigenvalue weighted by Crippen LogP contribution is 2.22. The molecule has 1 heterocycles. The van der Waals surface area contributed by atoms with Crippen LogP contribution < -0.4 is 0 Å². The maximum absolute atomic E-state index is 12.6. The monoisotopic (exact) mass is 330 g/mol. The summed E-state index contributed by atoms with van der Waals surface area (Å²) < 4.78 is 16.6. The van der Waals surface area contributed by atoms with Crippen molar-refractivity contribution in [1.29, 1.82) is 0 Å². The molecule has 0 aliphatic carbocycles. The molecule has 1 aromatic heterocycles. The normalized spacial score (nSPS) is 15.0. The highest BCUT2D eigenvalue weighted by molar-refractivity contribution is 7.93. The van der Waals surface area contributed by atoms with Gasteiger partial charge in [0.2, 0.25) is 0 Å². The minimum absolute atomic E-state index is 0.329. The quantitative estimate of drug-likeness (QED) is 0.851. The molecule has 5 heteroatoms. The summed E-state index contributed by atoms with van der Waals surface area (Å²) in [5.74, 6) is -0.376. The Morgan fingerprint density at radius 3 is 2.17 bits per heavy atom. The molecule has 2 atom stereocenters. The molecule has 2 unspecified atom stereocenters. The third-order valence-corrected chi connectivity index (χ3v) is 5.31. The van der Waals surface area contributed by atoms with Crippen molar-refractivity contribution in [1.82, 2.24) is 4.98 Å². The van der Waals surface area contributed by atoms with E-state index in [1.165, 1.54) is 11.8 Å². The van der Waals surface area contributed by atoms with Crippen LogP contribution in [0.5, 0.6) is 0 Å². The molecule has 1 aromatic carbocycles. The first-order valence-electron chi connectivity index (χ1n) is 7.58. The van der Waals surface area contributed by atoms with E-state index in [0.29, 0.717) is 10.9 Å². The second-order valence-electron chi connectivity index (χ2n) is 5.94. The van der Waals surface area contributed by atoms with E-state index in [1.807, 2.05) is 24.3 Å². The molecule has 0 aliphatic rings. The minimum atomic E-state index is -2.82. The van der Waals surface area contributed by atoms with Gasteiger partial charge < -0.3 is 0 Å².